The van der Waals surface area contributed by atoms with Gasteiger partial charge < -0.3 is 0 Å². The molecule has 0 spiro atoms. The van der Waals surface area contributed by atoms with E-state index in [1.165, 1.54) is 0 Å². The van der Waals surface area contributed by atoms with Crippen LogP contribution < -0.4 is 0 Å². The largest absolute Gasteiger partial charge is 0.235 e. The molecule has 1 aromatic carbocycles. The highest BCUT2D eigenvalue weighted by atomic mass is 16.1. The summed E-state index contributed by atoms with van der Waals surface area (Å²) in [6.45, 7) is 3.84. The Balaban J connectivity index is 3.12. The minimum Gasteiger partial charge on any atom is -0.211 e. The first-order valence-corrected chi connectivity index (χ1v) is 4.58. The molecule has 1 atom stereocenters. The molecule has 1 rings (SSSR count). The van der Waals surface area contributed by atoms with Gasteiger partial charge >= 0.3 is 0 Å². The van der Waals surface area contributed by atoms with Crippen molar-refractivity contribution in [2.45, 2.75) is 19.9 Å². The van der Waals surface area contributed by atoms with E-state index in [1.54, 1.807) is 6.08 Å². The summed E-state index contributed by atoms with van der Waals surface area (Å²) >= 11 is 0. The van der Waals surface area contributed by atoms with Crippen molar-refractivity contribution >= 4 is 12.2 Å². The smallest absolute Gasteiger partial charge is 0.211 e. The van der Waals surface area contributed by atoms with Crippen molar-refractivity contribution in [3.05, 3.63) is 41.5 Å². The molecular weight excluding hydrogens is 174 g/mol. The van der Waals surface area contributed by atoms with Crippen LogP contribution >= 0.6 is 0 Å². The van der Waals surface area contributed by atoms with E-state index in [9.17, 15) is 4.79 Å². The second-order valence-electron chi connectivity index (χ2n) is 3.03. The fourth-order valence-corrected chi connectivity index (χ4v) is 1.37. The lowest BCUT2D eigenvalue weighted by molar-refractivity contribution is 0.559. The zero-order valence-electron chi connectivity index (χ0n) is 8.40. The zero-order valence-corrected chi connectivity index (χ0v) is 8.40. The van der Waals surface area contributed by atoms with Gasteiger partial charge in [0.15, 0.2) is 0 Å². The van der Waals surface area contributed by atoms with Crippen molar-refractivity contribution in [2.75, 3.05) is 0 Å². The third-order valence-electron chi connectivity index (χ3n) is 2.04. The number of nitrogens with zero attached hydrogens (tertiary/aromatic N) is 1. The Labute approximate surface area is 84.0 Å². The SMILES string of the molecule is C/C=C\c1ccccc1C(C)N=C=O. The first-order valence-electron chi connectivity index (χ1n) is 4.58. The van der Waals surface area contributed by atoms with Gasteiger partial charge in [0, 0.05) is 0 Å². The Bertz CT molecular complexity index is 376. The number of carbonyl (C=O) groups excluding carboxylic acids is 1. The Morgan fingerprint density at radius 3 is 2.79 bits per heavy atom. The molecule has 0 N–H and O–H groups in total. The van der Waals surface area contributed by atoms with Crippen molar-refractivity contribution in [1.82, 2.24) is 0 Å². The predicted molar refractivity (Wildman–Crippen MR) is 57.7 cm³/mol. The second-order valence-corrected chi connectivity index (χ2v) is 3.03. The van der Waals surface area contributed by atoms with Gasteiger partial charge in [0.1, 0.15) is 0 Å². The number of isocyanates is 1. The van der Waals surface area contributed by atoms with E-state index in [4.69, 9.17) is 0 Å². The molecule has 0 amide bonds. The number of benzene rings is 1. The molecule has 0 aliphatic heterocycles. The standard InChI is InChI=1S/C12H13NO/c1-3-6-11-7-4-5-8-12(11)10(2)13-9-14/h3-8,10H,1-2H3/b6-3-. The van der Waals surface area contributed by atoms with Crippen molar-refractivity contribution in [2.24, 2.45) is 4.99 Å². The van der Waals surface area contributed by atoms with Crippen molar-refractivity contribution < 1.29 is 4.79 Å². The molecular formula is C12H13NO. The number of hydrogen-bond donors (Lipinski definition) is 0. The highest BCUT2D eigenvalue weighted by molar-refractivity contribution is 5.54. The minimum absolute atomic E-state index is 0.125. The van der Waals surface area contributed by atoms with E-state index in [-0.39, 0.29) is 6.04 Å². The van der Waals surface area contributed by atoms with Gasteiger partial charge in [-0.2, -0.15) is 4.99 Å². The number of allylic oxidation sites excluding steroid dienone is 1. The third kappa shape index (κ3) is 2.41. The molecule has 0 saturated carbocycles. The number of hydrogen-bond acceptors (Lipinski definition) is 2. The molecule has 2 nitrogen and oxygen atoms in total. The lowest BCUT2D eigenvalue weighted by Gasteiger charge is -2.07. The van der Waals surface area contributed by atoms with Crippen LogP contribution in [0.25, 0.3) is 6.08 Å². The van der Waals surface area contributed by atoms with Crippen molar-refractivity contribution in [3.8, 4) is 0 Å². The quantitative estimate of drug-likeness (QED) is 0.528. The Hall–Kier alpha value is -1.66. The summed E-state index contributed by atoms with van der Waals surface area (Å²) < 4.78 is 0. The minimum atomic E-state index is -0.125. The summed E-state index contributed by atoms with van der Waals surface area (Å²) in [7, 11) is 0. The Morgan fingerprint density at radius 1 is 1.43 bits per heavy atom. The van der Waals surface area contributed by atoms with Crippen LogP contribution in [0.4, 0.5) is 0 Å². The predicted octanol–water partition coefficient (Wildman–Crippen LogP) is 3.12. The summed E-state index contributed by atoms with van der Waals surface area (Å²) in [5, 5.41) is 0. The van der Waals surface area contributed by atoms with Gasteiger partial charge in [0.05, 0.1) is 6.04 Å². The average molecular weight is 187 g/mol. The number of aliphatic imine (C=N–C) groups is 1. The second kappa shape index (κ2) is 5.15. The van der Waals surface area contributed by atoms with Crippen LogP contribution in [0.5, 0.6) is 0 Å². The van der Waals surface area contributed by atoms with E-state index in [0.717, 1.165) is 11.1 Å². The summed E-state index contributed by atoms with van der Waals surface area (Å²) in [4.78, 5) is 13.8. The highest BCUT2D eigenvalue weighted by Crippen LogP contribution is 2.21. The maximum Gasteiger partial charge on any atom is 0.235 e. The first-order chi connectivity index (χ1) is 6.79. The van der Waals surface area contributed by atoms with Gasteiger partial charge in [-0.3, -0.25) is 0 Å². The molecule has 0 bridgehead atoms. The topological polar surface area (TPSA) is 29.4 Å². The van der Waals surface area contributed by atoms with E-state index >= 15 is 0 Å². The van der Waals surface area contributed by atoms with Gasteiger partial charge in [0.2, 0.25) is 6.08 Å². The summed E-state index contributed by atoms with van der Waals surface area (Å²) in [5.41, 5.74) is 2.15. The molecule has 14 heavy (non-hydrogen) atoms. The van der Waals surface area contributed by atoms with Crippen molar-refractivity contribution in [3.63, 3.8) is 0 Å². The molecule has 2 heteroatoms. The van der Waals surface area contributed by atoms with E-state index in [1.807, 2.05) is 50.3 Å². The maximum absolute atomic E-state index is 10.1. The lowest BCUT2D eigenvalue weighted by Crippen LogP contribution is -1.92. The molecule has 72 valence electrons. The molecule has 0 aromatic heterocycles. The van der Waals surface area contributed by atoms with E-state index in [2.05, 4.69) is 4.99 Å². The monoisotopic (exact) mass is 187 g/mol. The Kier molecular flexibility index (Phi) is 3.84. The van der Waals surface area contributed by atoms with E-state index < -0.39 is 0 Å². The summed E-state index contributed by atoms with van der Waals surface area (Å²) in [5.74, 6) is 0. The van der Waals surface area contributed by atoms with Crippen molar-refractivity contribution in [1.29, 1.82) is 0 Å². The van der Waals surface area contributed by atoms with Gasteiger partial charge in [-0.1, -0.05) is 36.4 Å². The number of rotatable bonds is 3. The summed E-state index contributed by atoms with van der Waals surface area (Å²) in [6, 6.07) is 7.77. The molecule has 0 heterocycles. The van der Waals surface area contributed by atoms with Crippen LogP contribution in [0.3, 0.4) is 0 Å². The molecule has 1 unspecified atom stereocenters. The van der Waals surface area contributed by atoms with Crippen LogP contribution in [0, 0.1) is 0 Å². The first kappa shape index (κ1) is 10.4. The maximum atomic E-state index is 10.1. The molecule has 0 saturated heterocycles. The van der Waals surface area contributed by atoms with Crippen LogP contribution in [0.2, 0.25) is 0 Å². The molecule has 0 radical (unpaired) electrons. The summed E-state index contributed by atoms with van der Waals surface area (Å²) in [6.07, 6.45) is 5.56. The highest BCUT2D eigenvalue weighted by Gasteiger charge is 2.05. The van der Waals surface area contributed by atoms with Gasteiger partial charge in [-0.25, -0.2) is 4.79 Å². The van der Waals surface area contributed by atoms with Gasteiger partial charge in [-0.15, -0.1) is 0 Å². The zero-order chi connectivity index (χ0) is 10.4. The average Bonchev–Trinajstić information content (AvgIpc) is 2.19. The third-order valence-corrected chi connectivity index (χ3v) is 2.04. The van der Waals surface area contributed by atoms with Crippen LogP contribution in [0.1, 0.15) is 31.0 Å². The Morgan fingerprint density at radius 2 is 2.14 bits per heavy atom. The molecule has 0 aliphatic carbocycles. The molecule has 1 aromatic rings. The molecule has 0 aliphatic rings. The van der Waals surface area contributed by atoms with Gasteiger partial charge in [-0.05, 0) is 25.0 Å². The van der Waals surface area contributed by atoms with Gasteiger partial charge in [0.25, 0.3) is 0 Å². The van der Waals surface area contributed by atoms with Crippen LogP contribution in [0.15, 0.2) is 35.3 Å². The normalized spacial score (nSPS) is 12.4. The fraction of sp³-hybridized carbons (Fsp3) is 0.250. The fourth-order valence-electron chi connectivity index (χ4n) is 1.37. The molecule has 0 fully saturated rings. The van der Waals surface area contributed by atoms with Crippen LogP contribution in [-0.2, 0) is 4.79 Å². The van der Waals surface area contributed by atoms with E-state index in [0.29, 0.717) is 0 Å². The van der Waals surface area contributed by atoms with Crippen LogP contribution in [-0.4, -0.2) is 6.08 Å². The lowest BCUT2D eigenvalue weighted by atomic mass is 10.0.